The first-order valence-electron chi connectivity index (χ1n) is 4.75. The van der Waals surface area contributed by atoms with Crippen LogP contribution in [0.3, 0.4) is 0 Å². The number of aliphatic carboxylic acids is 1. The molecule has 0 bridgehead atoms. The molecular formula is C11H11ClFNO3. The number of carbonyl (C=O) groups excluding carboxylic acids is 1. The monoisotopic (exact) mass is 259 g/mol. The lowest BCUT2D eigenvalue weighted by atomic mass is 9.83. The van der Waals surface area contributed by atoms with E-state index in [9.17, 15) is 14.0 Å². The van der Waals surface area contributed by atoms with Crippen LogP contribution in [-0.2, 0) is 16.0 Å². The number of carbonyl (C=O) groups is 2. The number of rotatable bonds is 4. The van der Waals surface area contributed by atoms with Crippen molar-refractivity contribution in [3.8, 4) is 0 Å². The summed E-state index contributed by atoms with van der Waals surface area (Å²) < 4.78 is 13.6. The predicted molar refractivity (Wildman–Crippen MR) is 60.1 cm³/mol. The van der Waals surface area contributed by atoms with Crippen molar-refractivity contribution >= 4 is 23.5 Å². The molecule has 1 rings (SSSR count). The van der Waals surface area contributed by atoms with Gasteiger partial charge in [-0.15, -0.1) is 0 Å². The average molecular weight is 260 g/mol. The Morgan fingerprint density at radius 1 is 1.53 bits per heavy atom. The molecule has 1 aromatic carbocycles. The Morgan fingerprint density at radius 2 is 2.12 bits per heavy atom. The molecule has 1 aromatic rings. The van der Waals surface area contributed by atoms with Crippen molar-refractivity contribution in [1.82, 2.24) is 0 Å². The minimum Gasteiger partial charge on any atom is -0.480 e. The Kier molecular flexibility index (Phi) is 3.72. The summed E-state index contributed by atoms with van der Waals surface area (Å²) in [5.41, 5.74) is 3.22. The van der Waals surface area contributed by atoms with E-state index >= 15 is 0 Å². The van der Waals surface area contributed by atoms with E-state index < -0.39 is 23.1 Å². The van der Waals surface area contributed by atoms with Crippen LogP contribution in [0.2, 0.25) is 5.02 Å². The van der Waals surface area contributed by atoms with Crippen LogP contribution in [0.5, 0.6) is 0 Å². The van der Waals surface area contributed by atoms with Crippen LogP contribution < -0.4 is 5.73 Å². The first-order chi connectivity index (χ1) is 7.79. The molecule has 1 unspecified atom stereocenters. The molecule has 0 radical (unpaired) electrons. The molecule has 1 atom stereocenters. The minimum absolute atomic E-state index is 0.0428. The van der Waals surface area contributed by atoms with Gasteiger partial charge in [-0.2, -0.15) is 0 Å². The minimum atomic E-state index is -1.86. The summed E-state index contributed by atoms with van der Waals surface area (Å²) >= 11 is 5.56. The number of benzene rings is 1. The van der Waals surface area contributed by atoms with E-state index in [1.54, 1.807) is 0 Å². The van der Waals surface area contributed by atoms with Gasteiger partial charge in [0.1, 0.15) is 11.2 Å². The summed E-state index contributed by atoms with van der Waals surface area (Å²) in [5.74, 6) is -3.16. The Labute approximate surface area is 102 Å². The standard InChI is InChI=1S/C11H11ClFNO3/c1-11(9(14)15,10(16)17)5-6-3-2-4-7(12)8(6)13/h2-4H,5H2,1H3,(H2,14,15)(H,16,17). The number of hydrogen-bond acceptors (Lipinski definition) is 2. The smallest absolute Gasteiger partial charge is 0.319 e. The molecule has 0 spiro atoms. The molecule has 0 aliphatic heterocycles. The highest BCUT2D eigenvalue weighted by molar-refractivity contribution is 6.30. The predicted octanol–water partition coefficient (Wildman–Crippen LogP) is 1.60. The van der Waals surface area contributed by atoms with Crippen molar-refractivity contribution < 1.29 is 19.1 Å². The third-order valence-electron chi connectivity index (χ3n) is 2.59. The van der Waals surface area contributed by atoms with Crippen LogP contribution in [0.4, 0.5) is 4.39 Å². The molecular weight excluding hydrogens is 249 g/mol. The van der Waals surface area contributed by atoms with Crippen LogP contribution in [0.1, 0.15) is 12.5 Å². The Morgan fingerprint density at radius 3 is 2.59 bits per heavy atom. The lowest BCUT2D eigenvalue weighted by Gasteiger charge is -2.21. The molecule has 4 nitrogen and oxygen atoms in total. The molecule has 6 heteroatoms. The lowest BCUT2D eigenvalue weighted by molar-refractivity contribution is -0.153. The van der Waals surface area contributed by atoms with Gasteiger partial charge in [0.2, 0.25) is 5.91 Å². The number of halogens is 2. The molecule has 92 valence electrons. The highest BCUT2D eigenvalue weighted by atomic mass is 35.5. The van der Waals surface area contributed by atoms with Gasteiger partial charge in [-0.25, -0.2) is 4.39 Å². The summed E-state index contributed by atoms with van der Waals surface area (Å²) in [6, 6.07) is 4.18. The largest absolute Gasteiger partial charge is 0.480 e. The second-order valence-electron chi connectivity index (χ2n) is 3.89. The maximum Gasteiger partial charge on any atom is 0.319 e. The van der Waals surface area contributed by atoms with Gasteiger partial charge in [0.15, 0.2) is 0 Å². The second kappa shape index (κ2) is 4.71. The Bertz CT molecular complexity index is 462. The summed E-state index contributed by atoms with van der Waals surface area (Å²) in [5, 5.41) is 8.84. The summed E-state index contributed by atoms with van der Waals surface area (Å²) in [7, 11) is 0. The zero-order valence-electron chi connectivity index (χ0n) is 9.04. The normalized spacial score (nSPS) is 14.1. The van der Waals surface area contributed by atoms with E-state index in [2.05, 4.69) is 0 Å². The van der Waals surface area contributed by atoms with E-state index in [-0.39, 0.29) is 17.0 Å². The fourth-order valence-corrected chi connectivity index (χ4v) is 1.53. The van der Waals surface area contributed by atoms with Crippen molar-refractivity contribution in [3.05, 3.63) is 34.6 Å². The van der Waals surface area contributed by atoms with E-state index in [0.29, 0.717) is 0 Å². The van der Waals surface area contributed by atoms with Gasteiger partial charge >= 0.3 is 5.97 Å². The number of carboxylic acids is 1. The van der Waals surface area contributed by atoms with Crippen molar-refractivity contribution in [2.24, 2.45) is 11.1 Å². The van der Waals surface area contributed by atoms with Gasteiger partial charge in [-0.1, -0.05) is 23.7 Å². The molecule has 17 heavy (non-hydrogen) atoms. The molecule has 3 N–H and O–H groups in total. The number of nitrogens with two attached hydrogens (primary N) is 1. The molecule has 0 aliphatic carbocycles. The topological polar surface area (TPSA) is 80.4 Å². The van der Waals surface area contributed by atoms with E-state index in [4.69, 9.17) is 22.4 Å². The van der Waals surface area contributed by atoms with Crippen LogP contribution in [0.15, 0.2) is 18.2 Å². The maximum absolute atomic E-state index is 13.6. The van der Waals surface area contributed by atoms with Crippen LogP contribution in [0.25, 0.3) is 0 Å². The second-order valence-corrected chi connectivity index (χ2v) is 4.30. The van der Waals surface area contributed by atoms with Crippen molar-refractivity contribution in [3.63, 3.8) is 0 Å². The summed E-state index contributed by atoms with van der Waals surface area (Å²) in [4.78, 5) is 22.2. The summed E-state index contributed by atoms with van der Waals surface area (Å²) in [6.45, 7) is 1.15. The molecule has 0 saturated carbocycles. The quantitative estimate of drug-likeness (QED) is 0.806. The van der Waals surface area contributed by atoms with Gasteiger partial charge in [0.05, 0.1) is 5.02 Å². The maximum atomic E-state index is 13.6. The first kappa shape index (κ1) is 13.4. The highest BCUT2D eigenvalue weighted by Gasteiger charge is 2.40. The van der Waals surface area contributed by atoms with E-state index in [0.717, 1.165) is 6.92 Å². The highest BCUT2D eigenvalue weighted by Crippen LogP contribution is 2.27. The number of carboxylic acid groups (broad SMARTS) is 1. The molecule has 0 fully saturated rings. The van der Waals surface area contributed by atoms with Crippen LogP contribution >= 0.6 is 11.6 Å². The van der Waals surface area contributed by atoms with Gasteiger partial charge in [-0.05, 0) is 18.6 Å². The molecule has 1 amide bonds. The Hall–Kier alpha value is -1.62. The van der Waals surface area contributed by atoms with Crippen molar-refractivity contribution in [2.75, 3.05) is 0 Å². The van der Waals surface area contributed by atoms with Crippen molar-refractivity contribution in [1.29, 1.82) is 0 Å². The Balaban J connectivity index is 3.16. The fraction of sp³-hybridized carbons (Fsp3) is 0.273. The lowest BCUT2D eigenvalue weighted by Crippen LogP contribution is -2.43. The number of primary amides is 1. The number of hydrogen-bond donors (Lipinski definition) is 2. The SMILES string of the molecule is CC(Cc1cccc(Cl)c1F)(C(N)=O)C(=O)O. The van der Waals surface area contributed by atoms with Crippen molar-refractivity contribution in [2.45, 2.75) is 13.3 Å². The zero-order valence-corrected chi connectivity index (χ0v) is 9.79. The van der Waals surface area contributed by atoms with Gasteiger partial charge in [0, 0.05) is 6.42 Å². The van der Waals surface area contributed by atoms with Gasteiger partial charge < -0.3 is 10.8 Å². The molecule has 0 aromatic heterocycles. The van der Waals surface area contributed by atoms with Crippen LogP contribution in [-0.4, -0.2) is 17.0 Å². The molecule has 0 aliphatic rings. The molecule has 0 heterocycles. The third kappa shape index (κ3) is 2.55. The van der Waals surface area contributed by atoms with E-state index in [1.165, 1.54) is 18.2 Å². The average Bonchev–Trinajstić information content (AvgIpc) is 2.24. The van der Waals surface area contributed by atoms with E-state index in [1.807, 2.05) is 0 Å². The third-order valence-corrected chi connectivity index (χ3v) is 2.88. The van der Waals surface area contributed by atoms with Gasteiger partial charge in [0.25, 0.3) is 0 Å². The van der Waals surface area contributed by atoms with Crippen LogP contribution in [0, 0.1) is 11.2 Å². The fourth-order valence-electron chi connectivity index (χ4n) is 1.33. The molecule has 0 saturated heterocycles. The summed E-state index contributed by atoms with van der Waals surface area (Å²) in [6.07, 6.45) is -0.343. The van der Waals surface area contributed by atoms with Gasteiger partial charge in [-0.3, -0.25) is 9.59 Å². The number of amides is 1. The first-order valence-corrected chi connectivity index (χ1v) is 5.13. The zero-order chi connectivity index (χ0) is 13.2.